The molecule has 0 atom stereocenters. The molecule has 2 nitrogen and oxygen atoms in total. The molecule has 0 aliphatic carbocycles. The Morgan fingerprint density at radius 1 is 0.281 bits per heavy atom. The third kappa shape index (κ3) is 5.17. The van der Waals surface area contributed by atoms with Crippen molar-refractivity contribution in [3.05, 3.63) is 231 Å². The van der Waals surface area contributed by atoms with Gasteiger partial charge in [-0.25, -0.2) is 0 Å². The van der Waals surface area contributed by atoms with Crippen LogP contribution in [0.1, 0.15) is 0 Å². The van der Waals surface area contributed by atoms with Gasteiger partial charge in [-0.05, 0) is 86.5 Å². The largest absolute Gasteiger partial charge is 0.309 e. The Morgan fingerprint density at radius 3 is 1.39 bits per heavy atom. The molecule has 9 aromatic carbocycles. The van der Waals surface area contributed by atoms with E-state index in [0.717, 1.165) is 0 Å². The molecule has 3 heteroatoms. The number of benzene rings is 9. The first-order valence-electron chi connectivity index (χ1n) is 19.7. The average molecular weight is 743 g/mol. The van der Waals surface area contributed by atoms with E-state index in [4.69, 9.17) is 0 Å². The predicted molar refractivity (Wildman–Crippen MR) is 244 cm³/mol. The summed E-state index contributed by atoms with van der Waals surface area (Å²) in [6, 6.07) is 85.3. The minimum absolute atomic E-state index is 1.17. The number of nitrogens with zero attached hydrogens (tertiary/aromatic N) is 2. The Balaban J connectivity index is 1.21. The lowest BCUT2D eigenvalue weighted by molar-refractivity contribution is 1.18. The molecule has 268 valence electrons. The van der Waals surface area contributed by atoms with E-state index in [1.807, 2.05) is 0 Å². The van der Waals surface area contributed by atoms with Gasteiger partial charge in [0.25, 0.3) is 0 Å². The zero-order valence-electron chi connectivity index (χ0n) is 31.3. The van der Waals surface area contributed by atoms with Crippen molar-refractivity contribution in [2.75, 3.05) is 0 Å². The summed E-state index contributed by atoms with van der Waals surface area (Å²) < 4.78 is 4.83. The molecule has 0 saturated carbocycles. The highest BCUT2D eigenvalue weighted by atomic mass is 28.3. The van der Waals surface area contributed by atoms with E-state index in [1.54, 1.807) is 0 Å². The van der Waals surface area contributed by atoms with Crippen molar-refractivity contribution >= 4 is 72.4 Å². The van der Waals surface area contributed by atoms with Gasteiger partial charge in [-0.3, -0.25) is 0 Å². The highest BCUT2D eigenvalue weighted by molar-refractivity contribution is 7.20. The van der Waals surface area contributed by atoms with Crippen molar-refractivity contribution in [3.63, 3.8) is 0 Å². The van der Waals surface area contributed by atoms with E-state index in [0.29, 0.717) is 0 Å². The number of fused-ring (bicyclic) bond motifs is 6. The van der Waals surface area contributed by atoms with E-state index < -0.39 is 8.07 Å². The zero-order valence-corrected chi connectivity index (χ0v) is 32.3. The van der Waals surface area contributed by atoms with Gasteiger partial charge >= 0.3 is 0 Å². The fourth-order valence-electron chi connectivity index (χ4n) is 9.47. The van der Waals surface area contributed by atoms with Gasteiger partial charge in [0.1, 0.15) is 0 Å². The molecule has 0 N–H and O–H groups in total. The maximum absolute atomic E-state index is 2.99. The van der Waals surface area contributed by atoms with Gasteiger partial charge in [0.2, 0.25) is 0 Å². The Labute approximate surface area is 333 Å². The molecule has 0 unspecified atom stereocenters. The van der Waals surface area contributed by atoms with E-state index in [9.17, 15) is 0 Å². The summed E-state index contributed by atoms with van der Waals surface area (Å²) in [5.74, 6) is 0. The first-order valence-corrected chi connectivity index (χ1v) is 21.7. The van der Waals surface area contributed by atoms with Crippen LogP contribution in [-0.4, -0.2) is 17.2 Å². The van der Waals surface area contributed by atoms with Crippen LogP contribution in [0, 0.1) is 0 Å². The zero-order chi connectivity index (χ0) is 37.8. The number of aromatic nitrogens is 2. The number of hydrogen-bond acceptors (Lipinski definition) is 0. The van der Waals surface area contributed by atoms with Crippen LogP contribution >= 0.6 is 0 Å². The number of rotatable bonds is 7. The first-order chi connectivity index (χ1) is 28.3. The standard InChI is InChI=1S/C54H38N2Si/c1-5-20-41(21-6-1)55-49-31-15-13-29-46(49)48-38-40(35-36-51(48)55)39-19-17-28-45(37-39)57(43-24-9-3-10-25-43,44-26-11-4-12-27-44)53-34-18-33-52-54(53)47-30-14-16-32-50(47)56(52)42-22-7-2-8-23-42/h1-38H. The maximum atomic E-state index is 2.50. The average Bonchev–Trinajstić information content (AvgIpc) is 3.81. The van der Waals surface area contributed by atoms with Crippen LogP contribution in [-0.2, 0) is 0 Å². The molecular formula is C54H38N2Si. The second kappa shape index (κ2) is 13.5. The van der Waals surface area contributed by atoms with Crippen molar-refractivity contribution in [2.45, 2.75) is 0 Å². The Morgan fingerprint density at radius 2 is 0.737 bits per heavy atom. The molecule has 0 fully saturated rings. The molecule has 2 heterocycles. The van der Waals surface area contributed by atoms with Gasteiger partial charge in [0.05, 0.1) is 22.1 Å². The van der Waals surface area contributed by atoms with Crippen molar-refractivity contribution in [1.82, 2.24) is 9.13 Å². The van der Waals surface area contributed by atoms with Gasteiger partial charge in [0, 0.05) is 32.9 Å². The van der Waals surface area contributed by atoms with Gasteiger partial charge in [-0.1, -0.05) is 176 Å². The molecule has 0 saturated heterocycles. The minimum atomic E-state index is -2.99. The molecule has 57 heavy (non-hydrogen) atoms. The van der Waals surface area contributed by atoms with Crippen LogP contribution in [0.4, 0.5) is 0 Å². The van der Waals surface area contributed by atoms with E-state index in [2.05, 4.69) is 240 Å². The summed E-state index contributed by atoms with van der Waals surface area (Å²) in [5, 5.41) is 10.6. The second-order valence-electron chi connectivity index (χ2n) is 14.9. The van der Waals surface area contributed by atoms with Crippen LogP contribution in [0.3, 0.4) is 0 Å². The molecule has 0 aliphatic heterocycles. The molecular weight excluding hydrogens is 705 g/mol. The third-order valence-electron chi connectivity index (χ3n) is 11.8. The first kappa shape index (κ1) is 33.2. The van der Waals surface area contributed by atoms with Crippen LogP contribution in [0.25, 0.3) is 66.1 Å². The van der Waals surface area contributed by atoms with E-state index in [1.165, 1.54) is 86.9 Å². The topological polar surface area (TPSA) is 9.86 Å². The van der Waals surface area contributed by atoms with Gasteiger partial charge in [-0.2, -0.15) is 0 Å². The van der Waals surface area contributed by atoms with Crippen molar-refractivity contribution in [3.8, 4) is 22.5 Å². The van der Waals surface area contributed by atoms with Crippen molar-refractivity contribution < 1.29 is 0 Å². The van der Waals surface area contributed by atoms with Crippen LogP contribution < -0.4 is 20.7 Å². The predicted octanol–water partition coefficient (Wildman–Crippen LogP) is 10.9. The number of para-hydroxylation sites is 4. The second-order valence-corrected chi connectivity index (χ2v) is 18.6. The van der Waals surface area contributed by atoms with Gasteiger partial charge < -0.3 is 9.13 Å². The molecule has 2 aromatic heterocycles. The quantitative estimate of drug-likeness (QED) is 0.114. The molecule has 0 aliphatic rings. The lowest BCUT2D eigenvalue weighted by atomic mass is 10.0. The van der Waals surface area contributed by atoms with Crippen LogP contribution in [0.5, 0.6) is 0 Å². The summed E-state index contributed by atoms with van der Waals surface area (Å²) in [4.78, 5) is 0. The molecule has 0 radical (unpaired) electrons. The maximum Gasteiger partial charge on any atom is 0.180 e. The van der Waals surface area contributed by atoms with E-state index in [-0.39, 0.29) is 0 Å². The fraction of sp³-hybridized carbons (Fsp3) is 0. The molecule has 0 bridgehead atoms. The summed E-state index contributed by atoms with van der Waals surface area (Å²) in [6.07, 6.45) is 0. The molecule has 11 rings (SSSR count). The lowest BCUT2D eigenvalue weighted by Crippen LogP contribution is -2.74. The molecule has 0 amide bonds. The fourth-order valence-corrected chi connectivity index (χ4v) is 14.5. The molecule has 0 spiro atoms. The Hall–Kier alpha value is -7.20. The van der Waals surface area contributed by atoms with Crippen LogP contribution in [0.2, 0.25) is 0 Å². The normalized spacial score (nSPS) is 11.9. The highest BCUT2D eigenvalue weighted by Gasteiger charge is 2.43. The van der Waals surface area contributed by atoms with E-state index >= 15 is 0 Å². The van der Waals surface area contributed by atoms with Crippen molar-refractivity contribution in [2.24, 2.45) is 0 Å². The third-order valence-corrected chi connectivity index (χ3v) is 16.6. The lowest BCUT2D eigenvalue weighted by Gasteiger charge is -2.35. The Bertz CT molecular complexity index is 3180. The van der Waals surface area contributed by atoms with Crippen LogP contribution in [0.15, 0.2) is 231 Å². The summed E-state index contributed by atoms with van der Waals surface area (Å²) >= 11 is 0. The summed E-state index contributed by atoms with van der Waals surface area (Å²) in [7, 11) is -2.99. The number of hydrogen-bond donors (Lipinski definition) is 0. The monoisotopic (exact) mass is 742 g/mol. The Kier molecular flexibility index (Phi) is 7.87. The molecule has 11 aromatic rings. The summed E-state index contributed by atoms with van der Waals surface area (Å²) in [5.41, 5.74) is 9.62. The SMILES string of the molecule is c1ccc(-n2c3ccccc3c3cc(-c4cccc([Si](c5ccccc5)(c5ccccc5)c5cccc6c5c5ccccc5n6-c5ccccc5)c4)ccc32)cc1. The minimum Gasteiger partial charge on any atom is -0.309 e. The summed E-state index contributed by atoms with van der Waals surface area (Å²) in [6.45, 7) is 0. The van der Waals surface area contributed by atoms with Gasteiger partial charge in [-0.15, -0.1) is 0 Å². The highest BCUT2D eigenvalue weighted by Crippen LogP contribution is 2.36. The van der Waals surface area contributed by atoms with Gasteiger partial charge in [0.15, 0.2) is 8.07 Å². The van der Waals surface area contributed by atoms with Crippen molar-refractivity contribution in [1.29, 1.82) is 0 Å². The smallest absolute Gasteiger partial charge is 0.180 e.